The molecule has 0 amide bonds. The number of benzene rings is 1. The second-order valence-electron chi connectivity index (χ2n) is 5.36. The highest BCUT2D eigenvalue weighted by Gasteiger charge is 2.18. The molecular formula is C18H26O. The van der Waals surface area contributed by atoms with Crippen LogP contribution >= 0.6 is 0 Å². The van der Waals surface area contributed by atoms with Gasteiger partial charge in [-0.25, -0.2) is 0 Å². The van der Waals surface area contributed by atoms with E-state index in [1.807, 2.05) is 6.92 Å². The van der Waals surface area contributed by atoms with Crippen molar-refractivity contribution in [3.63, 3.8) is 0 Å². The summed E-state index contributed by atoms with van der Waals surface area (Å²) in [5.74, 6) is 1.75. The lowest BCUT2D eigenvalue weighted by atomic mass is 9.80. The summed E-state index contributed by atoms with van der Waals surface area (Å²) in [6.45, 7) is 5.00. The van der Waals surface area contributed by atoms with Gasteiger partial charge < -0.3 is 4.74 Å². The Morgan fingerprint density at radius 3 is 2.37 bits per heavy atom. The summed E-state index contributed by atoms with van der Waals surface area (Å²) in [6.07, 6.45) is 10.5. The van der Waals surface area contributed by atoms with Gasteiger partial charge in [0.15, 0.2) is 0 Å². The van der Waals surface area contributed by atoms with E-state index in [9.17, 15) is 0 Å². The highest BCUT2D eigenvalue weighted by atomic mass is 16.5. The Balaban J connectivity index is 2.16. The molecule has 1 aromatic rings. The van der Waals surface area contributed by atoms with Gasteiger partial charge in [-0.1, -0.05) is 44.4 Å². The van der Waals surface area contributed by atoms with Crippen molar-refractivity contribution in [2.75, 3.05) is 6.61 Å². The third-order valence-electron chi connectivity index (χ3n) is 3.97. The second-order valence-corrected chi connectivity index (χ2v) is 5.36. The van der Waals surface area contributed by atoms with Crippen LogP contribution in [-0.4, -0.2) is 6.61 Å². The summed E-state index contributed by atoms with van der Waals surface area (Å²) in [4.78, 5) is 0. The molecule has 1 aliphatic rings. The number of allylic oxidation sites excluding steroid dienone is 2. The maximum Gasteiger partial charge on any atom is 0.119 e. The molecule has 0 radical (unpaired) electrons. The number of ether oxygens (including phenoxy) is 1. The third-order valence-corrected chi connectivity index (χ3v) is 3.97. The lowest BCUT2D eigenvalue weighted by Crippen LogP contribution is -2.08. The lowest BCUT2D eigenvalue weighted by Gasteiger charge is -2.25. The van der Waals surface area contributed by atoms with Crippen molar-refractivity contribution in [3.8, 4) is 5.75 Å². The first-order valence-electron chi connectivity index (χ1n) is 7.78. The van der Waals surface area contributed by atoms with Crippen LogP contribution in [0.15, 0.2) is 30.3 Å². The molecule has 0 heterocycles. The van der Waals surface area contributed by atoms with E-state index in [0.717, 1.165) is 24.7 Å². The summed E-state index contributed by atoms with van der Waals surface area (Å²) in [5.41, 5.74) is 2.95. The van der Waals surface area contributed by atoms with Crippen molar-refractivity contribution >= 4 is 5.57 Å². The van der Waals surface area contributed by atoms with E-state index >= 15 is 0 Å². The van der Waals surface area contributed by atoms with E-state index in [0.29, 0.717) is 0 Å². The minimum absolute atomic E-state index is 0.736. The monoisotopic (exact) mass is 258 g/mol. The van der Waals surface area contributed by atoms with Crippen LogP contribution in [0, 0.1) is 5.92 Å². The van der Waals surface area contributed by atoms with Crippen molar-refractivity contribution in [3.05, 3.63) is 35.9 Å². The van der Waals surface area contributed by atoms with Gasteiger partial charge in [0.1, 0.15) is 5.75 Å². The second kappa shape index (κ2) is 7.37. The summed E-state index contributed by atoms with van der Waals surface area (Å²) in [6, 6.07) is 8.65. The molecule has 1 heteroatoms. The zero-order valence-corrected chi connectivity index (χ0v) is 12.3. The van der Waals surface area contributed by atoms with Crippen LogP contribution in [0.25, 0.3) is 5.57 Å². The number of hydrogen-bond acceptors (Lipinski definition) is 1. The van der Waals surface area contributed by atoms with E-state index in [1.165, 1.54) is 37.7 Å². The Kier molecular flexibility index (Phi) is 5.50. The average Bonchev–Trinajstić information content (AvgIpc) is 2.47. The molecule has 1 saturated carbocycles. The van der Waals surface area contributed by atoms with Gasteiger partial charge in [-0.15, -0.1) is 0 Å². The minimum Gasteiger partial charge on any atom is -0.494 e. The van der Waals surface area contributed by atoms with Gasteiger partial charge in [0.2, 0.25) is 0 Å². The fraction of sp³-hybridized carbons (Fsp3) is 0.556. The predicted molar refractivity (Wildman–Crippen MR) is 82.5 cm³/mol. The van der Waals surface area contributed by atoms with Gasteiger partial charge in [0.05, 0.1) is 6.61 Å². The zero-order valence-electron chi connectivity index (χ0n) is 12.3. The number of rotatable bonds is 5. The first-order chi connectivity index (χ1) is 9.35. The Morgan fingerprint density at radius 2 is 1.79 bits per heavy atom. The first-order valence-corrected chi connectivity index (χ1v) is 7.78. The molecule has 1 aliphatic carbocycles. The van der Waals surface area contributed by atoms with Crippen molar-refractivity contribution in [2.45, 2.75) is 52.4 Å². The Morgan fingerprint density at radius 1 is 1.11 bits per heavy atom. The topological polar surface area (TPSA) is 9.23 Å². The fourth-order valence-electron chi connectivity index (χ4n) is 3.06. The molecule has 2 rings (SSSR count). The standard InChI is InChI=1S/C18H26O/c1-3-8-18(15-9-6-5-7-10-15)16-11-13-17(14-12-16)19-4-2/h8,11-15H,3-7,9-10H2,1-2H3. The van der Waals surface area contributed by atoms with E-state index in [4.69, 9.17) is 4.74 Å². The quantitative estimate of drug-likeness (QED) is 0.681. The smallest absolute Gasteiger partial charge is 0.119 e. The van der Waals surface area contributed by atoms with Crippen molar-refractivity contribution < 1.29 is 4.74 Å². The van der Waals surface area contributed by atoms with Gasteiger partial charge in [0.25, 0.3) is 0 Å². The third kappa shape index (κ3) is 3.86. The Labute approximate surface area is 117 Å². The average molecular weight is 258 g/mol. The molecular weight excluding hydrogens is 232 g/mol. The van der Waals surface area contributed by atoms with Crippen LogP contribution in [0.4, 0.5) is 0 Å². The number of hydrogen-bond donors (Lipinski definition) is 0. The predicted octanol–water partition coefficient (Wildman–Crippen LogP) is 5.46. The highest BCUT2D eigenvalue weighted by molar-refractivity contribution is 5.68. The molecule has 0 saturated heterocycles. The summed E-state index contributed by atoms with van der Waals surface area (Å²) in [7, 11) is 0. The largest absolute Gasteiger partial charge is 0.494 e. The molecule has 104 valence electrons. The maximum atomic E-state index is 5.53. The highest BCUT2D eigenvalue weighted by Crippen LogP contribution is 2.36. The van der Waals surface area contributed by atoms with Crippen LogP contribution in [0.2, 0.25) is 0 Å². The van der Waals surface area contributed by atoms with Gasteiger partial charge in [-0.2, -0.15) is 0 Å². The summed E-state index contributed by atoms with van der Waals surface area (Å²) < 4.78 is 5.53. The van der Waals surface area contributed by atoms with Crippen molar-refractivity contribution in [1.82, 2.24) is 0 Å². The zero-order chi connectivity index (χ0) is 13.5. The SMILES string of the molecule is CCC=C(c1ccc(OCC)cc1)C1CCCCC1. The van der Waals surface area contributed by atoms with E-state index in [1.54, 1.807) is 5.57 Å². The van der Waals surface area contributed by atoms with Gasteiger partial charge in [-0.3, -0.25) is 0 Å². The Hall–Kier alpha value is -1.24. The van der Waals surface area contributed by atoms with Crippen LogP contribution in [0.5, 0.6) is 5.75 Å². The fourth-order valence-corrected chi connectivity index (χ4v) is 3.06. The van der Waals surface area contributed by atoms with Crippen LogP contribution < -0.4 is 4.74 Å². The molecule has 1 fully saturated rings. The lowest BCUT2D eigenvalue weighted by molar-refractivity contribution is 0.340. The van der Waals surface area contributed by atoms with Crippen molar-refractivity contribution in [1.29, 1.82) is 0 Å². The molecule has 19 heavy (non-hydrogen) atoms. The summed E-state index contributed by atoms with van der Waals surface area (Å²) in [5, 5.41) is 0. The molecule has 0 unspecified atom stereocenters. The van der Waals surface area contributed by atoms with E-state index in [-0.39, 0.29) is 0 Å². The molecule has 0 N–H and O–H groups in total. The van der Waals surface area contributed by atoms with Crippen molar-refractivity contribution in [2.24, 2.45) is 5.92 Å². The van der Waals surface area contributed by atoms with Gasteiger partial charge in [-0.05, 0) is 55.4 Å². The van der Waals surface area contributed by atoms with Crippen LogP contribution in [0.3, 0.4) is 0 Å². The molecule has 0 aromatic heterocycles. The first kappa shape index (κ1) is 14.2. The normalized spacial score (nSPS) is 17.5. The van der Waals surface area contributed by atoms with Gasteiger partial charge in [0, 0.05) is 0 Å². The van der Waals surface area contributed by atoms with Crippen LogP contribution in [-0.2, 0) is 0 Å². The Bertz CT molecular complexity index is 396. The summed E-state index contributed by atoms with van der Waals surface area (Å²) >= 11 is 0. The van der Waals surface area contributed by atoms with E-state index in [2.05, 4.69) is 37.3 Å². The molecule has 0 atom stereocenters. The molecule has 0 spiro atoms. The van der Waals surface area contributed by atoms with Gasteiger partial charge >= 0.3 is 0 Å². The van der Waals surface area contributed by atoms with E-state index < -0.39 is 0 Å². The maximum absolute atomic E-state index is 5.53. The molecule has 0 aliphatic heterocycles. The van der Waals surface area contributed by atoms with Crippen LogP contribution in [0.1, 0.15) is 57.9 Å². The minimum atomic E-state index is 0.736. The molecule has 0 bridgehead atoms. The molecule has 1 nitrogen and oxygen atoms in total. The molecule has 1 aromatic carbocycles.